The molecule has 28 heavy (non-hydrogen) atoms. The molecule has 2 aromatic rings. The van der Waals surface area contributed by atoms with Gasteiger partial charge in [-0.05, 0) is 24.6 Å². The van der Waals surface area contributed by atoms with Crippen molar-refractivity contribution in [2.45, 2.75) is 38.6 Å². The number of carbonyl (C=O) groups is 2. The molecule has 148 valence electrons. The average Bonchev–Trinajstić information content (AvgIpc) is 2.97. The van der Waals surface area contributed by atoms with Crippen LogP contribution in [0.4, 0.5) is 10.5 Å². The fourth-order valence-corrected chi connectivity index (χ4v) is 3.07. The third-order valence-corrected chi connectivity index (χ3v) is 4.49. The number of nitrogens with zero attached hydrogens (tertiary/aromatic N) is 1. The third kappa shape index (κ3) is 4.16. The highest BCUT2D eigenvalue weighted by Crippen LogP contribution is 2.45. The van der Waals surface area contributed by atoms with E-state index in [1.54, 1.807) is 19.1 Å². The molecule has 0 unspecified atom stereocenters. The van der Waals surface area contributed by atoms with Gasteiger partial charge in [-0.25, -0.2) is 9.78 Å². The summed E-state index contributed by atoms with van der Waals surface area (Å²) in [5.41, 5.74) is 1.29. The van der Waals surface area contributed by atoms with E-state index in [0.29, 0.717) is 30.3 Å². The SMILES string of the molecule is CC[C@@H](NC(=O)O)C(=O)Nc1ccc(Oc2cccc3c2C(C)(C)CO3)nc1. The Kier molecular flexibility index (Phi) is 5.39. The molecular formula is C20H23N3O5. The molecule has 1 aliphatic rings. The van der Waals surface area contributed by atoms with Crippen molar-refractivity contribution >= 4 is 17.7 Å². The van der Waals surface area contributed by atoms with Gasteiger partial charge in [0.15, 0.2) is 0 Å². The molecule has 3 rings (SSSR count). The van der Waals surface area contributed by atoms with Crippen LogP contribution in [0.3, 0.4) is 0 Å². The predicted octanol–water partition coefficient (Wildman–Crippen LogP) is 3.53. The minimum Gasteiger partial charge on any atom is -0.492 e. The van der Waals surface area contributed by atoms with E-state index >= 15 is 0 Å². The van der Waals surface area contributed by atoms with E-state index in [1.165, 1.54) is 6.20 Å². The monoisotopic (exact) mass is 385 g/mol. The van der Waals surface area contributed by atoms with Crippen LogP contribution in [-0.2, 0) is 10.2 Å². The van der Waals surface area contributed by atoms with Crippen molar-refractivity contribution < 1.29 is 24.2 Å². The largest absolute Gasteiger partial charge is 0.492 e. The predicted molar refractivity (Wildman–Crippen MR) is 103 cm³/mol. The molecule has 1 aromatic heterocycles. The number of fused-ring (bicyclic) bond motifs is 1. The number of hydrogen-bond donors (Lipinski definition) is 3. The van der Waals surface area contributed by atoms with Crippen LogP contribution >= 0.6 is 0 Å². The molecule has 2 heterocycles. The van der Waals surface area contributed by atoms with Gasteiger partial charge in [0.1, 0.15) is 17.5 Å². The Balaban J connectivity index is 1.70. The summed E-state index contributed by atoms with van der Waals surface area (Å²) in [4.78, 5) is 27.1. The molecular weight excluding hydrogens is 362 g/mol. The Morgan fingerprint density at radius 1 is 1.32 bits per heavy atom. The maximum atomic E-state index is 12.1. The number of pyridine rings is 1. The zero-order valence-electron chi connectivity index (χ0n) is 16.0. The summed E-state index contributed by atoms with van der Waals surface area (Å²) in [5.74, 6) is 1.42. The van der Waals surface area contributed by atoms with Crippen LogP contribution < -0.4 is 20.1 Å². The second-order valence-corrected chi connectivity index (χ2v) is 7.19. The number of carbonyl (C=O) groups excluding carboxylic acids is 1. The quantitative estimate of drug-likeness (QED) is 0.702. The molecule has 0 bridgehead atoms. The van der Waals surface area contributed by atoms with Crippen molar-refractivity contribution in [1.82, 2.24) is 10.3 Å². The Hall–Kier alpha value is -3.29. The van der Waals surface area contributed by atoms with Crippen molar-refractivity contribution in [2.75, 3.05) is 11.9 Å². The van der Waals surface area contributed by atoms with Gasteiger partial charge in [-0.1, -0.05) is 26.8 Å². The topological polar surface area (TPSA) is 110 Å². The van der Waals surface area contributed by atoms with Gasteiger partial charge in [0, 0.05) is 17.0 Å². The van der Waals surface area contributed by atoms with Crippen LogP contribution in [0, 0.1) is 0 Å². The smallest absolute Gasteiger partial charge is 0.405 e. The van der Waals surface area contributed by atoms with Crippen molar-refractivity contribution in [1.29, 1.82) is 0 Å². The van der Waals surface area contributed by atoms with E-state index in [2.05, 4.69) is 29.5 Å². The van der Waals surface area contributed by atoms with E-state index in [-0.39, 0.29) is 5.41 Å². The zero-order chi connectivity index (χ0) is 20.3. The van der Waals surface area contributed by atoms with Crippen LogP contribution in [-0.4, -0.2) is 34.7 Å². The first-order valence-corrected chi connectivity index (χ1v) is 9.00. The fraction of sp³-hybridized carbons (Fsp3) is 0.350. The lowest BCUT2D eigenvalue weighted by atomic mass is 9.86. The van der Waals surface area contributed by atoms with Gasteiger partial charge in [-0.15, -0.1) is 0 Å². The number of anilines is 1. The maximum Gasteiger partial charge on any atom is 0.405 e. The minimum absolute atomic E-state index is 0.161. The van der Waals surface area contributed by atoms with Crippen molar-refractivity contribution in [3.63, 3.8) is 0 Å². The van der Waals surface area contributed by atoms with Gasteiger partial charge >= 0.3 is 6.09 Å². The average molecular weight is 385 g/mol. The van der Waals surface area contributed by atoms with Crippen LogP contribution in [0.5, 0.6) is 17.4 Å². The van der Waals surface area contributed by atoms with Crippen LogP contribution in [0.2, 0.25) is 0 Å². The Labute approximate surface area is 162 Å². The number of ether oxygens (including phenoxy) is 2. The number of rotatable bonds is 6. The van der Waals surface area contributed by atoms with E-state index in [9.17, 15) is 9.59 Å². The van der Waals surface area contributed by atoms with Gasteiger partial charge in [0.05, 0.1) is 18.5 Å². The summed E-state index contributed by atoms with van der Waals surface area (Å²) in [6.07, 6.45) is 0.557. The second kappa shape index (κ2) is 7.75. The Morgan fingerprint density at radius 2 is 2.11 bits per heavy atom. The molecule has 2 amide bonds. The number of carboxylic acid groups (broad SMARTS) is 1. The molecule has 0 saturated carbocycles. The normalized spacial score (nSPS) is 15.1. The van der Waals surface area contributed by atoms with Gasteiger partial charge in [0.25, 0.3) is 0 Å². The van der Waals surface area contributed by atoms with E-state index in [0.717, 1.165) is 11.3 Å². The molecule has 1 aliphatic heterocycles. The van der Waals surface area contributed by atoms with Crippen molar-refractivity contribution in [3.05, 3.63) is 42.1 Å². The molecule has 0 spiro atoms. The number of nitrogens with one attached hydrogen (secondary N) is 2. The summed E-state index contributed by atoms with van der Waals surface area (Å²) in [6.45, 7) is 6.49. The molecule has 8 heteroatoms. The molecule has 8 nitrogen and oxygen atoms in total. The molecule has 0 aliphatic carbocycles. The Bertz CT molecular complexity index is 880. The van der Waals surface area contributed by atoms with Gasteiger partial charge in [0.2, 0.25) is 11.8 Å². The van der Waals surface area contributed by atoms with Crippen molar-refractivity contribution in [3.8, 4) is 17.4 Å². The molecule has 3 N–H and O–H groups in total. The summed E-state index contributed by atoms with van der Waals surface area (Å²) in [7, 11) is 0. The highest BCUT2D eigenvalue weighted by atomic mass is 16.5. The fourth-order valence-electron chi connectivity index (χ4n) is 3.07. The molecule has 0 fully saturated rings. The number of hydrogen-bond acceptors (Lipinski definition) is 5. The molecule has 1 aromatic carbocycles. The zero-order valence-corrected chi connectivity index (χ0v) is 16.0. The summed E-state index contributed by atoms with van der Waals surface area (Å²) >= 11 is 0. The lowest BCUT2D eigenvalue weighted by molar-refractivity contribution is -0.118. The first kappa shape index (κ1) is 19.5. The minimum atomic E-state index is -1.24. The number of benzene rings is 1. The van der Waals surface area contributed by atoms with Crippen LogP contribution in [0.15, 0.2) is 36.5 Å². The van der Waals surface area contributed by atoms with Gasteiger partial charge < -0.3 is 25.2 Å². The summed E-state index contributed by atoms with van der Waals surface area (Å²) in [5, 5.41) is 13.6. The lowest BCUT2D eigenvalue weighted by Crippen LogP contribution is -2.42. The van der Waals surface area contributed by atoms with E-state index in [4.69, 9.17) is 14.6 Å². The maximum absolute atomic E-state index is 12.1. The highest BCUT2D eigenvalue weighted by molar-refractivity contribution is 5.96. The molecule has 0 saturated heterocycles. The second-order valence-electron chi connectivity index (χ2n) is 7.19. The van der Waals surface area contributed by atoms with Gasteiger partial charge in [-0.3, -0.25) is 4.79 Å². The van der Waals surface area contributed by atoms with E-state index in [1.807, 2.05) is 18.2 Å². The van der Waals surface area contributed by atoms with Crippen LogP contribution in [0.1, 0.15) is 32.8 Å². The molecule has 1 atom stereocenters. The molecule has 0 radical (unpaired) electrons. The van der Waals surface area contributed by atoms with Crippen LogP contribution in [0.25, 0.3) is 0 Å². The number of amides is 2. The highest BCUT2D eigenvalue weighted by Gasteiger charge is 2.35. The van der Waals surface area contributed by atoms with Crippen molar-refractivity contribution in [2.24, 2.45) is 0 Å². The summed E-state index contributed by atoms with van der Waals surface area (Å²) in [6, 6.07) is 8.11. The first-order valence-electron chi connectivity index (χ1n) is 9.00. The Morgan fingerprint density at radius 3 is 2.75 bits per heavy atom. The summed E-state index contributed by atoms with van der Waals surface area (Å²) < 4.78 is 11.7. The third-order valence-electron chi connectivity index (χ3n) is 4.49. The number of aromatic nitrogens is 1. The standard InChI is InChI=1S/C20H23N3O5/c1-4-13(23-19(25)26)18(24)22-12-8-9-16(21-10-12)28-15-7-5-6-14-17(15)20(2,3)11-27-14/h5-10,13,23H,4,11H2,1-3H3,(H,22,24)(H,25,26)/t13-/m1/s1. The van der Waals surface area contributed by atoms with E-state index < -0.39 is 18.0 Å². The van der Waals surface area contributed by atoms with Gasteiger partial charge in [-0.2, -0.15) is 0 Å². The first-order chi connectivity index (χ1) is 13.3. The lowest BCUT2D eigenvalue weighted by Gasteiger charge is -2.19.